The fraction of sp³-hybridized carbons (Fsp3) is 0.241. The monoisotopic (exact) mass is 533 g/mol. The van der Waals surface area contributed by atoms with E-state index in [0.29, 0.717) is 6.42 Å². The Hall–Kier alpha value is -2.64. The van der Waals surface area contributed by atoms with Crippen molar-refractivity contribution in [3.63, 3.8) is 0 Å². The molecule has 0 atom stereocenters. The van der Waals surface area contributed by atoms with Gasteiger partial charge in [-0.15, -0.1) is 11.3 Å². The summed E-state index contributed by atoms with van der Waals surface area (Å²) in [6, 6.07) is 29.4. The fourth-order valence-electron chi connectivity index (χ4n) is 4.54. The summed E-state index contributed by atoms with van der Waals surface area (Å²) >= 11 is 9.27. The fourth-order valence-corrected chi connectivity index (χ4v) is 6.47. The Morgan fingerprint density at radius 2 is 1.50 bits per heavy atom. The van der Waals surface area contributed by atoms with E-state index in [4.69, 9.17) is 16.6 Å². The number of aromatic nitrogens is 1. The number of rotatable bonds is 8. The third kappa shape index (κ3) is 6.37. The Labute approximate surface area is 225 Å². The minimum atomic E-state index is 0.158. The van der Waals surface area contributed by atoms with Gasteiger partial charge in [-0.05, 0) is 28.8 Å². The maximum Gasteiger partial charge on any atom is 0.228 e. The highest BCUT2D eigenvalue weighted by atomic mass is 35.5. The molecule has 0 aliphatic carbocycles. The van der Waals surface area contributed by atoms with Crippen molar-refractivity contribution >= 4 is 40.6 Å². The van der Waals surface area contributed by atoms with E-state index in [0.717, 1.165) is 47.0 Å². The second-order valence-corrected chi connectivity index (χ2v) is 11.4. The number of nitrogens with zero attached hydrogens (tertiary/aromatic N) is 3. The van der Waals surface area contributed by atoms with Gasteiger partial charge in [0.05, 0.1) is 18.2 Å². The average Bonchev–Trinajstić information content (AvgIpc) is 3.37. The van der Waals surface area contributed by atoms with Gasteiger partial charge in [-0.3, -0.25) is 9.69 Å². The molecule has 1 saturated heterocycles. The van der Waals surface area contributed by atoms with Gasteiger partial charge < -0.3 is 4.90 Å². The van der Waals surface area contributed by atoms with Crippen molar-refractivity contribution < 1.29 is 4.79 Å². The van der Waals surface area contributed by atoms with Crippen LogP contribution < -0.4 is 0 Å². The molecule has 1 aliphatic rings. The highest BCUT2D eigenvalue weighted by Crippen LogP contribution is 2.30. The third-order valence-corrected chi connectivity index (χ3v) is 8.79. The predicted molar refractivity (Wildman–Crippen MR) is 150 cm³/mol. The molecule has 3 aromatic carbocycles. The van der Waals surface area contributed by atoms with Gasteiger partial charge in [-0.25, -0.2) is 4.98 Å². The van der Waals surface area contributed by atoms with Crippen molar-refractivity contribution in [1.82, 2.24) is 14.8 Å². The van der Waals surface area contributed by atoms with Gasteiger partial charge in [-0.1, -0.05) is 96.2 Å². The highest BCUT2D eigenvalue weighted by Gasteiger charge is 2.28. The first-order valence-electron chi connectivity index (χ1n) is 12.1. The first kappa shape index (κ1) is 25.0. The van der Waals surface area contributed by atoms with Crippen molar-refractivity contribution in [1.29, 1.82) is 0 Å². The number of piperazine rings is 1. The molecule has 4 nitrogen and oxygen atoms in total. The zero-order valence-electron chi connectivity index (χ0n) is 19.9. The van der Waals surface area contributed by atoms with E-state index in [-0.39, 0.29) is 11.9 Å². The van der Waals surface area contributed by atoms with Crippen LogP contribution in [0, 0.1) is 0 Å². The standard InChI is InChI=1S/C29H28ClN3OS2/c30-25-13-11-22(12-14-25)20-35-29-31-26(21-36-29)19-27(34)32-15-17-33(18-16-32)28(23-7-3-1-4-8-23)24-9-5-2-6-10-24/h1-14,21,28H,15-20H2. The van der Waals surface area contributed by atoms with Crippen molar-refractivity contribution in [3.05, 3.63) is 118 Å². The van der Waals surface area contributed by atoms with Crippen LogP contribution in [-0.4, -0.2) is 46.9 Å². The van der Waals surface area contributed by atoms with E-state index in [1.54, 1.807) is 23.1 Å². The van der Waals surface area contributed by atoms with E-state index < -0.39 is 0 Å². The number of benzene rings is 3. The smallest absolute Gasteiger partial charge is 0.228 e. The maximum atomic E-state index is 13.1. The van der Waals surface area contributed by atoms with Crippen LogP contribution in [0.15, 0.2) is 94.6 Å². The number of carbonyl (C=O) groups excluding carboxylic acids is 1. The molecule has 0 unspecified atom stereocenters. The Bertz CT molecular complexity index is 1220. The molecule has 0 N–H and O–H groups in total. The molecule has 1 fully saturated rings. The molecule has 7 heteroatoms. The lowest BCUT2D eigenvalue weighted by molar-refractivity contribution is -0.132. The first-order chi connectivity index (χ1) is 17.7. The maximum absolute atomic E-state index is 13.1. The van der Waals surface area contributed by atoms with Gasteiger partial charge in [-0.2, -0.15) is 0 Å². The van der Waals surface area contributed by atoms with Gasteiger partial charge >= 0.3 is 0 Å². The lowest BCUT2D eigenvalue weighted by atomic mass is 9.96. The molecule has 4 aromatic rings. The largest absolute Gasteiger partial charge is 0.340 e. The molecule has 0 bridgehead atoms. The number of halogens is 1. The molecule has 36 heavy (non-hydrogen) atoms. The minimum Gasteiger partial charge on any atom is -0.340 e. The predicted octanol–water partition coefficient (Wildman–Crippen LogP) is 6.57. The number of thioether (sulfide) groups is 1. The molecule has 1 aromatic heterocycles. The molecule has 184 valence electrons. The van der Waals surface area contributed by atoms with E-state index in [1.165, 1.54) is 16.7 Å². The molecular weight excluding hydrogens is 506 g/mol. The summed E-state index contributed by atoms with van der Waals surface area (Å²) in [4.78, 5) is 22.2. The lowest BCUT2D eigenvalue weighted by Gasteiger charge is -2.39. The van der Waals surface area contributed by atoms with Crippen LogP contribution >= 0.6 is 34.7 Å². The molecule has 2 heterocycles. The number of thiazole rings is 1. The summed E-state index contributed by atoms with van der Waals surface area (Å²) in [5, 5.41) is 2.76. The van der Waals surface area contributed by atoms with Crippen molar-refractivity contribution in [2.45, 2.75) is 22.6 Å². The Morgan fingerprint density at radius 1 is 0.889 bits per heavy atom. The number of hydrogen-bond donors (Lipinski definition) is 0. The van der Waals surface area contributed by atoms with Gasteiger partial charge in [0.1, 0.15) is 4.34 Å². The zero-order valence-corrected chi connectivity index (χ0v) is 22.3. The Morgan fingerprint density at radius 3 is 2.11 bits per heavy atom. The second kappa shape index (κ2) is 12.1. The van der Waals surface area contributed by atoms with Crippen LogP contribution in [0.1, 0.15) is 28.4 Å². The van der Waals surface area contributed by atoms with E-state index in [1.807, 2.05) is 34.5 Å². The van der Waals surface area contributed by atoms with Gasteiger partial charge in [0, 0.05) is 42.3 Å². The summed E-state index contributed by atoms with van der Waals surface area (Å²) < 4.78 is 0.992. The van der Waals surface area contributed by atoms with Crippen LogP contribution in [0.4, 0.5) is 0 Å². The van der Waals surface area contributed by atoms with Crippen LogP contribution in [0.25, 0.3) is 0 Å². The van der Waals surface area contributed by atoms with Crippen LogP contribution in [-0.2, 0) is 17.0 Å². The Balaban J connectivity index is 1.16. The number of amides is 1. The molecule has 1 aliphatic heterocycles. The van der Waals surface area contributed by atoms with E-state index in [2.05, 4.69) is 65.6 Å². The molecule has 0 saturated carbocycles. The minimum absolute atomic E-state index is 0.158. The first-order valence-corrected chi connectivity index (χ1v) is 14.3. The van der Waals surface area contributed by atoms with Gasteiger partial charge in [0.2, 0.25) is 5.91 Å². The van der Waals surface area contributed by atoms with Crippen LogP contribution in [0.2, 0.25) is 5.02 Å². The van der Waals surface area contributed by atoms with Gasteiger partial charge in [0.25, 0.3) is 0 Å². The van der Waals surface area contributed by atoms with E-state index in [9.17, 15) is 4.79 Å². The summed E-state index contributed by atoms with van der Waals surface area (Å²) in [6.45, 7) is 3.16. The van der Waals surface area contributed by atoms with Crippen LogP contribution in [0.3, 0.4) is 0 Å². The third-order valence-electron chi connectivity index (χ3n) is 6.40. The zero-order chi connectivity index (χ0) is 24.7. The lowest BCUT2D eigenvalue weighted by Crippen LogP contribution is -2.50. The highest BCUT2D eigenvalue weighted by molar-refractivity contribution is 8.00. The number of carbonyl (C=O) groups is 1. The number of hydrogen-bond acceptors (Lipinski definition) is 5. The topological polar surface area (TPSA) is 36.4 Å². The van der Waals surface area contributed by atoms with Crippen molar-refractivity contribution in [2.75, 3.05) is 26.2 Å². The van der Waals surface area contributed by atoms with E-state index >= 15 is 0 Å². The summed E-state index contributed by atoms with van der Waals surface area (Å²) in [6.07, 6.45) is 0.360. The molecule has 0 spiro atoms. The molecule has 5 rings (SSSR count). The summed E-state index contributed by atoms with van der Waals surface area (Å²) in [7, 11) is 0. The van der Waals surface area contributed by atoms with Gasteiger partial charge in [0.15, 0.2) is 0 Å². The molecular formula is C29H28ClN3OS2. The average molecular weight is 534 g/mol. The Kier molecular flexibility index (Phi) is 8.39. The summed E-state index contributed by atoms with van der Waals surface area (Å²) in [5.41, 5.74) is 4.64. The van der Waals surface area contributed by atoms with Crippen molar-refractivity contribution in [2.24, 2.45) is 0 Å². The quantitative estimate of drug-likeness (QED) is 0.240. The molecule has 0 radical (unpaired) electrons. The van der Waals surface area contributed by atoms with Crippen LogP contribution in [0.5, 0.6) is 0 Å². The molecule has 1 amide bonds. The SMILES string of the molecule is O=C(Cc1csc(SCc2ccc(Cl)cc2)n1)N1CCN(C(c2ccccc2)c2ccccc2)CC1. The normalized spacial score (nSPS) is 14.3. The summed E-state index contributed by atoms with van der Waals surface area (Å²) in [5.74, 6) is 0.995. The second-order valence-electron chi connectivity index (χ2n) is 8.84. The van der Waals surface area contributed by atoms with Crippen molar-refractivity contribution in [3.8, 4) is 0 Å².